The molecule has 1 aliphatic rings. The number of carbonyl (C=O) groups is 2. The Morgan fingerprint density at radius 3 is 2.16 bits per heavy atom. The van der Waals surface area contributed by atoms with Crippen LogP contribution in [0.25, 0.3) is 11.1 Å². The van der Waals surface area contributed by atoms with Gasteiger partial charge in [-0.05, 0) is 36.6 Å². The number of ether oxygens (including phenoxy) is 1. The summed E-state index contributed by atoms with van der Waals surface area (Å²) in [5, 5.41) is 21.5. The zero-order valence-corrected chi connectivity index (χ0v) is 17.7. The minimum atomic E-state index is -2.15. The van der Waals surface area contributed by atoms with Crippen LogP contribution in [0.15, 0.2) is 60.7 Å². The summed E-state index contributed by atoms with van der Waals surface area (Å²) in [6.45, 7) is 3.15. The number of aliphatic carboxylic acids is 1. The number of benzene rings is 3. The lowest BCUT2D eigenvalue weighted by Gasteiger charge is -2.43. The predicted octanol–water partition coefficient (Wildman–Crippen LogP) is 4.21. The monoisotopic (exact) mass is 432 g/mol. The Hall–Kier alpha value is -4.20. The number of fused-ring (bicyclic) bond motifs is 3. The van der Waals surface area contributed by atoms with Crippen LogP contribution in [-0.2, 0) is 15.1 Å². The molecule has 0 fully saturated rings. The van der Waals surface area contributed by atoms with Gasteiger partial charge in [-0.1, -0.05) is 42.5 Å². The van der Waals surface area contributed by atoms with Gasteiger partial charge in [-0.25, -0.2) is 9.59 Å². The molecular formula is C24H20N2O6. The van der Waals surface area contributed by atoms with Gasteiger partial charge < -0.3 is 14.7 Å². The number of hydrogen-bond donors (Lipinski definition) is 1. The summed E-state index contributed by atoms with van der Waals surface area (Å²) in [7, 11) is 1.54. The Balaban J connectivity index is 1.90. The summed E-state index contributed by atoms with van der Waals surface area (Å²) in [5.41, 5.74) is 0.720. The first-order valence-electron chi connectivity index (χ1n) is 9.83. The number of nitro groups is 1. The Kier molecular flexibility index (Phi) is 4.93. The minimum Gasteiger partial charge on any atom is -0.479 e. The number of aryl methyl sites for hydroxylation is 2. The molecule has 1 aliphatic heterocycles. The average Bonchev–Trinajstić information content (AvgIpc) is 2.76. The maximum absolute atomic E-state index is 13.7. The number of rotatable bonds is 4. The molecule has 0 radical (unpaired) electrons. The van der Waals surface area contributed by atoms with Gasteiger partial charge in [0, 0.05) is 36.0 Å². The second kappa shape index (κ2) is 7.49. The lowest BCUT2D eigenvalue weighted by atomic mass is 9.78. The van der Waals surface area contributed by atoms with Crippen molar-refractivity contribution in [3.05, 3.63) is 87.5 Å². The van der Waals surface area contributed by atoms with Crippen LogP contribution >= 0.6 is 0 Å². The Morgan fingerprint density at radius 2 is 1.56 bits per heavy atom. The van der Waals surface area contributed by atoms with Crippen LogP contribution in [-0.4, -0.2) is 29.0 Å². The van der Waals surface area contributed by atoms with Crippen molar-refractivity contribution in [1.82, 2.24) is 0 Å². The van der Waals surface area contributed by atoms with E-state index in [1.54, 1.807) is 57.3 Å². The van der Waals surface area contributed by atoms with Crippen LogP contribution in [0.3, 0.4) is 0 Å². The van der Waals surface area contributed by atoms with Crippen molar-refractivity contribution in [3.63, 3.8) is 0 Å². The molecule has 4 rings (SSSR count). The van der Waals surface area contributed by atoms with Gasteiger partial charge in [0.15, 0.2) is 0 Å². The van der Waals surface area contributed by atoms with Crippen molar-refractivity contribution < 1.29 is 24.4 Å². The van der Waals surface area contributed by atoms with Gasteiger partial charge in [0.1, 0.15) is 5.75 Å². The van der Waals surface area contributed by atoms with Gasteiger partial charge in [-0.3, -0.25) is 10.1 Å². The molecule has 32 heavy (non-hydrogen) atoms. The third-order valence-electron chi connectivity index (χ3n) is 5.83. The number of esters is 1. The third kappa shape index (κ3) is 2.91. The number of carboxylic acids is 1. The molecule has 0 aliphatic carbocycles. The van der Waals surface area contributed by atoms with E-state index in [2.05, 4.69) is 0 Å². The van der Waals surface area contributed by atoms with E-state index in [-0.39, 0.29) is 17.0 Å². The molecule has 0 amide bonds. The Bertz CT molecular complexity index is 1260. The van der Waals surface area contributed by atoms with Gasteiger partial charge in [0.2, 0.25) is 0 Å². The van der Waals surface area contributed by atoms with Gasteiger partial charge >= 0.3 is 11.9 Å². The molecule has 1 atom stereocenters. The molecule has 0 bridgehead atoms. The number of likely N-dealkylation sites (N-methyl/N-ethyl adjacent to an activating group) is 1. The highest BCUT2D eigenvalue weighted by atomic mass is 16.6. The quantitative estimate of drug-likeness (QED) is 0.216. The van der Waals surface area contributed by atoms with Crippen molar-refractivity contribution in [3.8, 4) is 16.9 Å². The zero-order chi connectivity index (χ0) is 23.2. The summed E-state index contributed by atoms with van der Waals surface area (Å²) < 4.78 is 5.67. The average molecular weight is 432 g/mol. The lowest BCUT2D eigenvalue weighted by Crippen LogP contribution is -2.59. The van der Waals surface area contributed by atoms with E-state index >= 15 is 0 Å². The second-order valence-electron chi connectivity index (χ2n) is 7.69. The molecule has 0 saturated heterocycles. The topological polar surface area (TPSA) is 110 Å². The molecule has 8 heteroatoms. The minimum absolute atomic E-state index is 0.103. The smallest absolute Gasteiger partial charge is 0.354 e. The molecule has 1 unspecified atom stereocenters. The van der Waals surface area contributed by atoms with Crippen molar-refractivity contribution in [1.29, 1.82) is 0 Å². The number of para-hydroxylation sites is 1. The van der Waals surface area contributed by atoms with E-state index in [1.807, 2.05) is 12.1 Å². The first-order chi connectivity index (χ1) is 15.2. The molecule has 0 aromatic heterocycles. The van der Waals surface area contributed by atoms with Gasteiger partial charge in [0.05, 0.1) is 4.92 Å². The van der Waals surface area contributed by atoms with E-state index in [4.69, 9.17) is 4.74 Å². The summed E-state index contributed by atoms with van der Waals surface area (Å²) >= 11 is 0. The molecule has 1 heterocycles. The van der Waals surface area contributed by atoms with Crippen LogP contribution in [0, 0.1) is 24.0 Å². The third-order valence-corrected chi connectivity index (χ3v) is 5.83. The van der Waals surface area contributed by atoms with Crippen LogP contribution in [0.5, 0.6) is 5.75 Å². The van der Waals surface area contributed by atoms with Crippen LogP contribution in [0.1, 0.15) is 16.7 Å². The first kappa shape index (κ1) is 21.0. The number of carbonyl (C=O) groups excluding carboxylic acids is 1. The molecule has 1 N–H and O–H groups in total. The molecule has 3 aromatic carbocycles. The second-order valence-corrected chi connectivity index (χ2v) is 7.69. The molecule has 8 nitrogen and oxygen atoms in total. The highest BCUT2D eigenvalue weighted by molar-refractivity contribution is 6.13. The number of carboxylic acid groups (broad SMARTS) is 1. The fourth-order valence-electron chi connectivity index (χ4n) is 4.34. The summed E-state index contributed by atoms with van der Waals surface area (Å²) in [6, 6.07) is 16.6. The van der Waals surface area contributed by atoms with Gasteiger partial charge in [-0.15, -0.1) is 0 Å². The van der Waals surface area contributed by atoms with Crippen LogP contribution < -0.4 is 9.64 Å². The van der Waals surface area contributed by atoms with Crippen molar-refractivity contribution in [2.75, 3.05) is 11.9 Å². The standard InChI is InChI=1S/C24H20N2O6/c1-14-12-16(26(30)31)13-15(2)21(14)32-23(29)24(22(27)28)19-10-6-4-8-17(19)18-9-5-7-11-20(18)25(24)3/h4-13H,1-3H3,(H,27,28). The highest BCUT2D eigenvalue weighted by Crippen LogP contribution is 2.48. The van der Waals surface area contributed by atoms with Gasteiger partial charge in [0.25, 0.3) is 11.2 Å². The largest absolute Gasteiger partial charge is 0.479 e. The highest BCUT2D eigenvalue weighted by Gasteiger charge is 2.57. The van der Waals surface area contributed by atoms with Gasteiger partial charge in [-0.2, -0.15) is 0 Å². The van der Waals surface area contributed by atoms with E-state index in [9.17, 15) is 24.8 Å². The van der Waals surface area contributed by atoms with Crippen LogP contribution in [0.2, 0.25) is 0 Å². The Morgan fingerprint density at radius 1 is 1.00 bits per heavy atom. The number of nitro benzene ring substituents is 1. The number of hydrogen-bond acceptors (Lipinski definition) is 6. The number of nitrogens with zero attached hydrogens (tertiary/aromatic N) is 2. The molecule has 3 aromatic rings. The number of non-ortho nitro benzene ring substituents is 1. The maximum Gasteiger partial charge on any atom is 0.354 e. The normalized spacial score (nSPS) is 16.7. The molecule has 0 saturated carbocycles. The van der Waals surface area contributed by atoms with E-state index in [0.29, 0.717) is 22.4 Å². The maximum atomic E-state index is 13.7. The van der Waals surface area contributed by atoms with Crippen molar-refractivity contribution in [2.24, 2.45) is 0 Å². The Labute approximate surface area is 183 Å². The first-order valence-corrected chi connectivity index (χ1v) is 9.83. The van der Waals surface area contributed by atoms with Crippen molar-refractivity contribution >= 4 is 23.3 Å². The predicted molar refractivity (Wildman–Crippen MR) is 118 cm³/mol. The summed E-state index contributed by atoms with van der Waals surface area (Å²) in [4.78, 5) is 38.4. The summed E-state index contributed by atoms with van der Waals surface area (Å²) in [5.74, 6) is -2.29. The molecule has 162 valence electrons. The lowest BCUT2D eigenvalue weighted by molar-refractivity contribution is -0.385. The molecule has 0 spiro atoms. The zero-order valence-electron chi connectivity index (χ0n) is 17.7. The fraction of sp³-hybridized carbons (Fsp3) is 0.167. The van der Waals surface area contributed by atoms with E-state index < -0.39 is 22.4 Å². The van der Waals surface area contributed by atoms with Crippen LogP contribution in [0.4, 0.5) is 11.4 Å². The molecular weight excluding hydrogens is 412 g/mol. The van der Waals surface area contributed by atoms with E-state index in [1.165, 1.54) is 17.0 Å². The van der Waals surface area contributed by atoms with E-state index in [0.717, 1.165) is 5.56 Å². The number of anilines is 1. The fourth-order valence-corrected chi connectivity index (χ4v) is 4.34. The summed E-state index contributed by atoms with van der Waals surface area (Å²) in [6.07, 6.45) is 0. The van der Waals surface area contributed by atoms with Crippen molar-refractivity contribution in [2.45, 2.75) is 19.4 Å². The SMILES string of the molecule is Cc1cc([N+](=O)[O-])cc(C)c1OC(=O)C1(C(=O)O)c2ccccc2-c2ccccc2N1C.